The van der Waals surface area contributed by atoms with E-state index in [0.717, 1.165) is 11.8 Å². The Balaban J connectivity index is 2.61. The fraction of sp³-hybridized carbons (Fsp3) is 0.333. The largest absolute Gasteiger partial charge is 0.496 e. The number of hydrogen-bond donors (Lipinski definition) is 0. The number of rotatable bonds is 5. The number of hydrogen-bond acceptors (Lipinski definition) is 5. The van der Waals surface area contributed by atoms with Crippen LogP contribution in [-0.4, -0.2) is 30.6 Å². The van der Waals surface area contributed by atoms with Crippen LogP contribution in [0.25, 0.3) is 0 Å². The molecule has 0 saturated heterocycles. The van der Waals surface area contributed by atoms with E-state index in [2.05, 4.69) is 0 Å². The van der Waals surface area contributed by atoms with Crippen molar-refractivity contribution in [3.05, 3.63) is 29.8 Å². The molecule has 1 aromatic rings. The molecule has 0 saturated carbocycles. The molecule has 4 nitrogen and oxygen atoms in total. The van der Waals surface area contributed by atoms with Crippen LogP contribution >= 0.6 is 11.8 Å². The van der Waals surface area contributed by atoms with Gasteiger partial charge < -0.3 is 9.47 Å². The van der Waals surface area contributed by atoms with Gasteiger partial charge in [-0.1, -0.05) is 23.9 Å². The van der Waals surface area contributed by atoms with Crippen LogP contribution in [0.1, 0.15) is 17.3 Å². The first-order chi connectivity index (χ1) is 8.19. The Bertz CT molecular complexity index is 403. The lowest BCUT2D eigenvalue weighted by atomic mass is 10.2. The third-order valence-electron chi connectivity index (χ3n) is 1.95. The van der Waals surface area contributed by atoms with E-state index in [1.165, 1.54) is 7.11 Å². The lowest BCUT2D eigenvalue weighted by molar-refractivity contribution is -0.139. The number of methoxy groups -OCH3 is 1. The molecule has 5 heteroatoms. The van der Waals surface area contributed by atoms with E-state index in [1.807, 2.05) is 0 Å². The van der Waals surface area contributed by atoms with Crippen LogP contribution in [0.5, 0.6) is 5.75 Å². The fourth-order valence-corrected chi connectivity index (χ4v) is 1.87. The van der Waals surface area contributed by atoms with Gasteiger partial charge in [0.05, 0.1) is 25.0 Å². The highest BCUT2D eigenvalue weighted by molar-refractivity contribution is 8.14. The average molecular weight is 254 g/mol. The molecular formula is C12H14O4S. The predicted molar refractivity (Wildman–Crippen MR) is 66.4 cm³/mol. The summed E-state index contributed by atoms with van der Waals surface area (Å²) >= 11 is 0.914. The van der Waals surface area contributed by atoms with Crippen LogP contribution in [0.15, 0.2) is 24.3 Å². The van der Waals surface area contributed by atoms with E-state index in [0.29, 0.717) is 17.9 Å². The standard InChI is InChI=1S/C12H14O4S/c1-3-16-11(13)8-17-12(14)9-6-4-5-7-10(9)15-2/h4-7H,3,8H2,1-2H3. The summed E-state index contributed by atoms with van der Waals surface area (Å²) in [5.41, 5.74) is 0.462. The highest BCUT2D eigenvalue weighted by Gasteiger charge is 2.14. The first-order valence-electron chi connectivity index (χ1n) is 5.14. The minimum atomic E-state index is -0.388. The molecule has 0 aromatic heterocycles. The molecule has 0 spiro atoms. The Kier molecular flexibility index (Phi) is 5.56. The zero-order valence-corrected chi connectivity index (χ0v) is 10.6. The van der Waals surface area contributed by atoms with E-state index in [1.54, 1.807) is 31.2 Å². The van der Waals surface area contributed by atoms with E-state index in [-0.39, 0.29) is 16.8 Å². The first kappa shape index (κ1) is 13.6. The highest BCUT2D eigenvalue weighted by Crippen LogP contribution is 2.22. The van der Waals surface area contributed by atoms with Crippen molar-refractivity contribution in [3.63, 3.8) is 0 Å². The SMILES string of the molecule is CCOC(=O)CSC(=O)c1ccccc1OC. The molecule has 0 heterocycles. The van der Waals surface area contributed by atoms with Crippen LogP contribution in [0.2, 0.25) is 0 Å². The van der Waals surface area contributed by atoms with Crippen molar-refractivity contribution in [2.24, 2.45) is 0 Å². The fourth-order valence-electron chi connectivity index (χ4n) is 1.22. The summed E-state index contributed by atoms with van der Waals surface area (Å²) in [5, 5.41) is -0.199. The summed E-state index contributed by atoms with van der Waals surface area (Å²) in [6.07, 6.45) is 0. The monoisotopic (exact) mass is 254 g/mol. The van der Waals surface area contributed by atoms with Crippen molar-refractivity contribution in [1.29, 1.82) is 0 Å². The van der Waals surface area contributed by atoms with Gasteiger partial charge in [-0.15, -0.1) is 0 Å². The summed E-state index contributed by atoms with van der Waals surface area (Å²) in [6, 6.07) is 6.91. The lowest BCUT2D eigenvalue weighted by Crippen LogP contribution is -2.09. The van der Waals surface area contributed by atoms with Gasteiger partial charge in [-0.3, -0.25) is 9.59 Å². The predicted octanol–water partition coefficient (Wildman–Crippen LogP) is 2.13. The number of para-hydroxylation sites is 1. The average Bonchev–Trinajstić information content (AvgIpc) is 2.36. The molecule has 0 N–H and O–H groups in total. The third-order valence-corrected chi connectivity index (χ3v) is 2.82. The summed E-state index contributed by atoms with van der Waals surface area (Å²) in [5.74, 6) is 0.139. The molecule has 0 fully saturated rings. The van der Waals surface area contributed by atoms with E-state index in [4.69, 9.17) is 9.47 Å². The van der Waals surface area contributed by atoms with E-state index < -0.39 is 0 Å². The molecular weight excluding hydrogens is 240 g/mol. The van der Waals surface area contributed by atoms with Gasteiger partial charge in [0.15, 0.2) is 0 Å². The van der Waals surface area contributed by atoms with Crippen molar-refractivity contribution in [1.82, 2.24) is 0 Å². The van der Waals surface area contributed by atoms with Crippen LogP contribution in [-0.2, 0) is 9.53 Å². The summed E-state index contributed by atoms with van der Waals surface area (Å²) in [7, 11) is 1.50. The van der Waals surface area contributed by atoms with E-state index >= 15 is 0 Å². The van der Waals surface area contributed by atoms with Crippen molar-refractivity contribution in [2.45, 2.75) is 6.92 Å². The third kappa shape index (κ3) is 4.11. The van der Waals surface area contributed by atoms with Crippen molar-refractivity contribution in [2.75, 3.05) is 19.5 Å². The quantitative estimate of drug-likeness (QED) is 0.753. The number of thioether (sulfide) groups is 1. The molecule has 0 aliphatic rings. The number of benzene rings is 1. The summed E-state index contributed by atoms with van der Waals surface area (Å²) in [6.45, 7) is 2.05. The molecule has 1 rings (SSSR count). The Labute approximate surface area is 104 Å². The molecule has 17 heavy (non-hydrogen) atoms. The normalized spacial score (nSPS) is 9.76. The summed E-state index contributed by atoms with van der Waals surface area (Å²) < 4.78 is 9.81. The van der Waals surface area contributed by atoms with Gasteiger partial charge in [0.1, 0.15) is 5.75 Å². The number of carbonyl (C=O) groups is 2. The number of esters is 1. The van der Waals surface area contributed by atoms with Crippen molar-refractivity contribution >= 4 is 22.8 Å². The Hall–Kier alpha value is -1.49. The Morgan fingerprint density at radius 1 is 1.29 bits per heavy atom. The molecule has 0 atom stereocenters. The van der Waals surface area contributed by atoms with Gasteiger partial charge in [0.25, 0.3) is 0 Å². The maximum Gasteiger partial charge on any atom is 0.316 e. The van der Waals surface area contributed by atoms with Gasteiger partial charge in [-0.25, -0.2) is 0 Å². The molecule has 1 aromatic carbocycles. The van der Waals surface area contributed by atoms with Crippen LogP contribution < -0.4 is 4.74 Å². The van der Waals surface area contributed by atoms with Gasteiger partial charge >= 0.3 is 5.97 Å². The molecule has 0 bridgehead atoms. The lowest BCUT2D eigenvalue weighted by Gasteiger charge is -2.06. The highest BCUT2D eigenvalue weighted by atomic mass is 32.2. The van der Waals surface area contributed by atoms with Gasteiger partial charge in [0.2, 0.25) is 5.12 Å². The molecule has 0 aliphatic carbocycles. The Morgan fingerprint density at radius 3 is 2.65 bits per heavy atom. The van der Waals surface area contributed by atoms with E-state index in [9.17, 15) is 9.59 Å². The second-order valence-corrected chi connectivity index (χ2v) is 4.03. The molecule has 0 unspecified atom stereocenters. The zero-order valence-electron chi connectivity index (χ0n) is 9.76. The number of ether oxygens (including phenoxy) is 2. The van der Waals surface area contributed by atoms with Crippen LogP contribution in [0.4, 0.5) is 0 Å². The zero-order chi connectivity index (χ0) is 12.7. The smallest absolute Gasteiger partial charge is 0.316 e. The van der Waals surface area contributed by atoms with Crippen molar-refractivity contribution < 1.29 is 19.1 Å². The van der Waals surface area contributed by atoms with Crippen molar-refractivity contribution in [3.8, 4) is 5.75 Å². The summed E-state index contributed by atoms with van der Waals surface area (Å²) in [4.78, 5) is 22.9. The minimum absolute atomic E-state index is 0.0186. The van der Waals surface area contributed by atoms with Gasteiger partial charge in [-0.2, -0.15) is 0 Å². The Morgan fingerprint density at radius 2 is 2.00 bits per heavy atom. The maximum atomic E-state index is 11.8. The number of carbonyl (C=O) groups excluding carboxylic acids is 2. The minimum Gasteiger partial charge on any atom is -0.496 e. The second kappa shape index (κ2) is 6.96. The molecule has 0 radical (unpaired) electrons. The molecule has 92 valence electrons. The van der Waals surface area contributed by atoms with Crippen LogP contribution in [0.3, 0.4) is 0 Å². The molecule has 0 aliphatic heterocycles. The van der Waals surface area contributed by atoms with Gasteiger partial charge in [0, 0.05) is 0 Å². The first-order valence-corrected chi connectivity index (χ1v) is 6.13. The topological polar surface area (TPSA) is 52.6 Å². The second-order valence-electron chi connectivity index (χ2n) is 3.08. The maximum absolute atomic E-state index is 11.8. The molecule has 0 amide bonds. The van der Waals surface area contributed by atoms with Gasteiger partial charge in [-0.05, 0) is 19.1 Å². The van der Waals surface area contributed by atoms with Crippen LogP contribution in [0, 0.1) is 0 Å².